The molecule has 21 heavy (non-hydrogen) atoms. The standard InChI is InChI=1S/C9H13F9O2Si/c1-4-21(3,19-2)20-5-6(10,11)7(12,13)8(14,15)9(16,17)18/h4-5H2,1-3H3. The first-order valence-electron chi connectivity index (χ1n) is 5.47. The topological polar surface area (TPSA) is 18.5 Å². The average molecular weight is 352 g/mol. The first kappa shape index (κ1) is 20.5. The van der Waals surface area contributed by atoms with Crippen LogP contribution >= 0.6 is 0 Å². The lowest BCUT2D eigenvalue weighted by molar-refractivity contribution is -0.398. The molecule has 1 unspecified atom stereocenters. The number of rotatable bonds is 7. The molecule has 128 valence electrons. The first-order valence-corrected chi connectivity index (χ1v) is 7.99. The van der Waals surface area contributed by atoms with Gasteiger partial charge in [0.05, 0.1) is 0 Å². The molecular weight excluding hydrogens is 339 g/mol. The normalized spacial score (nSPS) is 17.7. The molecule has 0 aliphatic carbocycles. The molecule has 0 fully saturated rings. The summed E-state index contributed by atoms with van der Waals surface area (Å²) in [4.78, 5) is 0. The third-order valence-corrected chi connectivity index (χ3v) is 5.75. The lowest BCUT2D eigenvalue weighted by Gasteiger charge is -2.35. The van der Waals surface area contributed by atoms with Gasteiger partial charge in [-0.3, -0.25) is 0 Å². The Kier molecular flexibility index (Phi) is 5.81. The minimum atomic E-state index is -6.90. The van der Waals surface area contributed by atoms with Crippen molar-refractivity contribution in [3.8, 4) is 0 Å². The largest absolute Gasteiger partial charge is 0.460 e. The van der Waals surface area contributed by atoms with E-state index < -0.39 is 39.1 Å². The second kappa shape index (κ2) is 5.95. The molecule has 0 radical (unpaired) electrons. The van der Waals surface area contributed by atoms with Crippen LogP contribution in [0.15, 0.2) is 0 Å². The molecule has 0 aliphatic rings. The fraction of sp³-hybridized carbons (Fsp3) is 1.00. The molecule has 0 saturated heterocycles. The highest BCUT2D eigenvalue weighted by molar-refractivity contribution is 6.65. The molecule has 0 bridgehead atoms. The maximum absolute atomic E-state index is 13.1. The SMILES string of the molecule is CC[Si](C)(OC)OCC(F)(F)C(F)(F)C(F)(F)C(F)(F)F. The number of alkyl halides is 9. The molecule has 0 rings (SSSR count). The van der Waals surface area contributed by atoms with E-state index in [2.05, 4.69) is 8.85 Å². The third-order valence-electron chi connectivity index (χ3n) is 2.84. The lowest BCUT2D eigenvalue weighted by Crippen LogP contribution is -2.62. The van der Waals surface area contributed by atoms with Crippen LogP contribution in [0, 0.1) is 0 Å². The Morgan fingerprint density at radius 1 is 0.857 bits per heavy atom. The molecule has 0 saturated carbocycles. The van der Waals surface area contributed by atoms with Gasteiger partial charge < -0.3 is 8.85 Å². The van der Waals surface area contributed by atoms with Gasteiger partial charge in [-0.2, -0.15) is 39.5 Å². The molecule has 2 nitrogen and oxygen atoms in total. The second-order valence-electron chi connectivity index (χ2n) is 4.33. The van der Waals surface area contributed by atoms with Crippen LogP contribution in [0.1, 0.15) is 6.92 Å². The zero-order valence-corrected chi connectivity index (χ0v) is 12.1. The number of hydrogen-bond donors (Lipinski definition) is 0. The van der Waals surface area contributed by atoms with Gasteiger partial charge in [0.1, 0.15) is 6.61 Å². The molecule has 0 aliphatic heterocycles. The fourth-order valence-corrected chi connectivity index (χ4v) is 2.14. The molecule has 0 aromatic carbocycles. The van der Waals surface area contributed by atoms with Gasteiger partial charge in [0.25, 0.3) is 0 Å². The predicted molar refractivity (Wildman–Crippen MR) is 56.0 cm³/mol. The van der Waals surface area contributed by atoms with Crippen molar-refractivity contribution < 1.29 is 48.4 Å². The Morgan fingerprint density at radius 2 is 1.29 bits per heavy atom. The van der Waals surface area contributed by atoms with Crippen molar-refractivity contribution in [2.45, 2.75) is 43.5 Å². The fourth-order valence-electron chi connectivity index (χ4n) is 1.05. The van der Waals surface area contributed by atoms with E-state index in [4.69, 9.17) is 0 Å². The molecule has 0 heterocycles. The zero-order chi connectivity index (χ0) is 17.3. The van der Waals surface area contributed by atoms with Crippen LogP contribution in [-0.4, -0.2) is 46.2 Å². The van der Waals surface area contributed by atoms with E-state index in [9.17, 15) is 39.5 Å². The van der Waals surface area contributed by atoms with Crippen LogP contribution in [0.4, 0.5) is 39.5 Å². The lowest BCUT2D eigenvalue weighted by atomic mass is 10.1. The highest BCUT2D eigenvalue weighted by Crippen LogP contribution is 2.53. The van der Waals surface area contributed by atoms with Gasteiger partial charge in [-0.25, -0.2) is 0 Å². The summed E-state index contributed by atoms with van der Waals surface area (Å²) < 4.78 is 122. The highest BCUT2D eigenvalue weighted by atomic mass is 28.4. The van der Waals surface area contributed by atoms with E-state index in [0.29, 0.717) is 0 Å². The van der Waals surface area contributed by atoms with Crippen LogP contribution in [-0.2, 0) is 8.85 Å². The van der Waals surface area contributed by atoms with Crippen molar-refractivity contribution in [1.82, 2.24) is 0 Å². The van der Waals surface area contributed by atoms with Gasteiger partial charge in [0.15, 0.2) is 0 Å². The van der Waals surface area contributed by atoms with Crippen molar-refractivity contribution in [2.24, 2.45) is 0 Å². The van der Waals surface area contributed by atoms with Gasteiger partial charge in [0, 0.05) is 7.11 Å². The molecule has 0 spiro atoms. The Hall–Kier alpha value is -0.493. The number of hydrogen-bond acceptors (Lipinski definition) is 2. The minimum Gasteiger partial charge on any atom is -0.398 e. The van der Waals surface area contributed by atoms with Gasteiger partial charge in [-0.05, 0) is 12.6 Å². The zero-order valence-electron chi connectivity index (χ0n) is 11.1. The summed E-state index contributed by atoms with van der Waals surface area (Å²) in [7, 11) is -2.31. The van der Waals surface area contributed by atoms with Crippen LogP contribution in [0.5, 0.6) is 0 Å². The maximum Gasteiger partial charge on any atom is 0.460 e. The molecule has 1 atom stereocenters. The van der Waals surface area contributed by atoms with Crippen LogP contribution in [0.3, 0.4) is 0 Å². The molecule has 0 amide bonds. The van der Waals surface area contributed by atoms with E-state index in [1.165, 1.54) is 13.5 Å². The quantitative estimate of drug-likeness (QED) is 0.505. The molecule has 0 aromatic rings. The summed E-state index contributed by atoms with van der Waals surface area (Å²) in [5.74, 6) is -19.3. The smallest absolute Gasteiger partial charge is 0.398 e. The van der Waals surface area contributed by atoms with Crippen LogP contribution in [0.25, 0.3) is 0 Å². The van der Waals surface area contributed by atoms with Crippen LogP contribution < -0.4 is 0 Å². The van der Waals surface area contributed by atoms with Gasteiger partial charge in [-0.1, -0.05) is 6.92 Å². The number of halogens is 9. The van der Waals surface area contributed by atoms with Crippen LogP contribution in [0.2, 0.25) is 12.6 Å². The summed E-state index contributed by atoms with van der Waals surface area (Å²) in [5.41, 5.74) is 0. The van der Waals surface area contributed by atoms with Gasteiger partial charge in [-0.15, -0.1) is 0 Å². The molecule has 12 heteroatoms. The van der Waals surface area contributed by atoms with E-state index in [1.807, 2.05) is 0 Å². The Balaban J connectivity index is 5.31. The summed E-state index contributed by atoms with van der Waals surface area (Å²) in [5, 5.41) is 0. The van der Waals surface area contributed by atoms with Crippen molar-refractivity contribution in [1.29, 1.82) is 0 Å². The second-order valence-corrected chi connectivity index (χ2v) is 8.00. The molecular formula is C9H13F9O2Si. The minimum absolute atomic E-state index is 0.000809. The van der Waals surface area contributed by atoms with E-state index in [-0.39, 0.29) is 6.04 Å². The van der Waals surface area contributed by atoms with Crippen molar-refractivity contribution in [3.05, 3.63) is 0 Å². The summed E-state index contributed by atoms with van der Waals surface area (Å²) >= 11 is 0. The highest BCUT2D eigenvalue weighted by Gasteiger charge is 2.81. The first-order chi connectivity index (χ1) is 9.08. The summed E-state index contributed by atoms with van der Waals surface area (Å²) in [6, 6.07) is 0.000809. The average Bonchev–Trinajstić information content (AvgIpc) is 2.34. The monoisotopic (exact) mass is 352 g/mol. The third kappa shape index (κ3) is 3.83. The summed E-state index contributed by atoms with van der Waals surface area (Å²) in [6.45, 7) is 0.259. The van der Waals surface area contributed by atoms with Gasteiger partial charge >= 0.3 is 32.5 Å². The summed E-state index contributed by atoms with van der Waals surface area (Å²) in [6.07, 6.45) is -6.83. The molecule has 0 N–H and O–H groups in total. The van der Waals surface area contributed by atoms with Crippen molar-refractivity contribution >= 4 is 8.56 Å². The van der Waals surface area contributed by atoms with Gasteiger partial charge in [0.2, 0.25) is 0 Å². The molecule has 0 aromatic heterocycles. The van der Waals surface area contributed by atoms with Crippen molar-refractivity contribution in [2.75, 3.05) is 13.7 Å². The predicted octanol–water partition coefficient (Wildman–Crippen LogP) is 4.21. The Labute approximate surface area is 115 Å². The maximum atomic E-state index is 13.1. The van der Waals surface area contributed by atoms with E-state index in [0.717, 1.165) is 7.11 Å². The van der Waals surface area contributed by atoms with E-state index in [1.54, 1.807) is 0 Å². The van der Waals surface area contributed by atoms with Crippen molar-refractivity contribution in [3.63, 3.8) is 0 Å². The Bertz CT molecular complexity index is 352. The Morgan fingerprint density at radius 3 is 1.57 bits per heavy atom. The van der Waals surface area contributed by atoms with E-state index >= 15 is 0 Å².